The number of piperidine rings is 1. The maximum Gasteiger partial charge on any atom is 0.115 e. The molecule has 138 valence electrons. The molecule has 2 aromatic rings. The average Bonchev–Trinajstić information content (AvgIpc) is 2.67. The van der Waals surface area contributed by atoms with Crippen molar-refractivity contribution in [2.24, 2.45) is 11.7 Å². The standard InChI is InChI=1S/C23H30N2O/c24-21-10-9-20-17-25(13-11-18-5-2-1-3-6-18)14-12-23(20,16-21)19-7-4-8-22(26)15-19/h1-8,15,20-21,26H,9-14,16-17,24H2/t20-,21+,23+/m1/s1. The molecule has 2 fully saturated rings. The van der Waals surface area contributed by atoms with Gasteiger partial charge in [0.1, 0.15) is 5.75 Å². The summed E-state index contributed by atoms with van der Waals surface area (Å²) in [6.07, 6.45) is 5.62. The number of fused-ring (bicyclic) bond motifs is 1. The lowest BCUT2D eigenvalue weighted by atomic mass is 9.58. The van der Waals surface area contributed by atoms with Crippen molar-refractivity contribution in [1.82, 2.24) is 4.90 Å². The predicted molar refractivity (Wildman–Crippen MR) is 106 cm³/mol. The van der Waals surface area contributed by atoms with E-state index in [-0.39, 0.29) is 11.5 Å². The fourth-order valence-electron chi connectivity index (χ4n) is 5.21. The summed E-state index contributed by atoms with van der Waals surface area (Å²) in [5, 5.41) is 10.0. The summed E-state index contributed by atoms with van der Waals surface area (Å²) in [4.78, 5) is 2.63. The molecule has 0 spiro atoms. The second-order valence-corrected chi connectivity index (χ2v) is 8.23. The quantitative estimate of drug-likeness (QED) is 0.884. The summed E-state index contributed by atoms with van der Waals surface area (Å²) in [5.41, 5.74) is 9.25. The molecule has 0 amide bonds. The molecule has 0 bridgehead atoms. The maximum atomic E-state index is 10.0. The van der Waals surface area contributed by atoms with E-state index in [2.05, 4.69) is 41.3 Å². The Balaban J connectivity index is 1.50. The second-order valence-electron chi connectivity index (χ2n) is 8.23. The minimum atomic E-state index is 0.139. The summed E-state index contributed by atoms with van der Waals surface area (Å²) in [6.45, 7) is 3.39. The van der Waals surface area contributed by atoms with Gasteiger partial charge >= 0.3 is 0 Å². The molecule has 2 aromatic carbocycles. The lowest BCUT2D eigenvalue weighted by molar-refractivity contribution is 0.0499. The first kappa shape index (κ1) is 17.6. The van der Waals surface area contributed by atoms with Gasteiger partial charge in [0.25, 0.3) is 0 Å². The molecule has 1 aliphatic carbocycles. The number of nitrogens with two attached hydrogens (primary N) is 1. The van der Waals surface area contributed by atoms with Gasteiger partial charge < -0.3 is 15.7 Å². The number of rotatable bonds is 4. The third-order valence-electron chi connectivity index (χ3n) is 6.63. The molecule has 4 rings (SSSR count). The zero-order valence-corrected chi connectivity index (χ0v) is 15.5. The zero-order valence-electron chi connectivity index (χ0n) is 15.5. The van der Waals surface area contributed by atoms with E-state index in [0.717, 1.165) is 45.3 Å². The molecular weight excluding hydrogens is 320 g/mol. The monoisotopic (exact) mass is 350 g/mol. The number of likely N-dealkylation sites (tertiary alicyclic amines) is 1. The summed E-state index contributed by atoms with van der Waals surface area (Å²) in [5.74, 6) is 1.01. The normalized spacial score (nSPS) is 29.3. The van der Waals surface area contributed by atoms with E-state index < -0.39 is 0 Å². The minimum absolute atomic E-state index is 0.139. The predicted octanol–water partition coefficient (Wildman–Crippen LogP) is 3.71. The van der Waals surface area contributed by atoms with E-state index in [0.29, 0.717) is 11.7 Å². The van der Waals surface area contributed by atoms with Crippen LogP contribution in [0.25, 0.3) is 0 Å². The van der Waals surface area contributed by atoms with E-state index in [4.69, 9.17) is 5.73 Å². The van der Waals surface area contributed by atoms with Crippen LogP contribution in [0.2, 0.25) is 0 Å². The van der Waals surface area contributed by atoms with Crippen LogP contribution in [0, 0.1) is 5.92 Å². The van der Waals surface area contributed by atoms with Crippen molar-refractivity contribution in [3.63, 3.8) is 0 Å². The molecule has 3 nitrogen and oxygen atoms in total. The van der Waals surface area contributed by atoms with Crippen LogP contribution in [-0.2, 0) is 11.8 Å². The van der Waals surface area contributed by atoms with Crippen LogP contribution in [0.4, 0.5) is 0 Å². The van der Waals surface area contributed by atoms with Crippen molar-refractivity contribution in [2.75, 3.05) is 19.6 Å². The van der Waals surface area contributed by atoms with Gasteiger partial charge in [-0.05, 0) is 67.8 Å². The van der Waals surface area contributed by atoms with Gasteiger partial charge in [0.2, 0.25) is 0 Å². The summed E-state index contributed by atoms with van der Waals surface area (Å²) in [7, 11) is 0. The van der Waals surface area contributed by atoms with Crippen LogP contribution in [0.5, 0.6) is 5.75 Å². The molecule has 1 saturated carbocycles. The number of aromatic hydroxyl groups is 1. The molecule has 3 heteroatoms. The van der Waals surface area contributed by atoms with Gasteiger partial charge in [-0.25, -0.2) is 0 Å². The maximum absolute atomic E-state index is 10.0. The van der Waals surface area contributed by atoms with Gasteiger partial charge in [0, 0.05) is 24.5 Å². The van der Waals surface area contributed by atoms with Crippen molar-refractivity contribution in [3.05, 3.63) is 65.7 Å². The third-order valence-corrected chi connectivity index (χ3v) is 6.63. The molecule has 0 radical (unpaired) electrons. The molecule has 2 aliphatic rings. The van der Waals surface area contributed by atoms with Crippen molar-refractivity contribution < 1.29 is 5.11 Å². The Labute approximate surface area is 156 Å². The smallest absolute Gasteiger partial charge is 0.115 e. The van der Waals surface area contributed by atoms with E-state index in [9.17, 15) is 5.11 Å². The van der Waals surface area contributed by atoms with Gasteiger partial charge in [-0.15, -0.1) is 0 Å². The van der Waals surface area contributed by atoms with Gasteiger partial charge in [-0.3, -0.25) is 0 Å². The first-order valence-electron chi connectivity index (χ1n) is 9.97. The summed E-state index contributed by atoms with van der Waals surface area (Å²) < 4.78 is 0. The Hall–Kier alpha value is -1.84. The second kappa shape index (κ2) is 7.42. The summed E-state index contributed by atoms with van der Waals surface area (Å²) >= 11 is 0. The van der Waals surface area contributed by atoms with Crippen LogP contribution >= 0.6 is 0 Å². The summed E-state index contributed by atoms with van der Waals surface area (Å²) in [6, 6.07) is 19.0. The molecular formula is C23H30N2O. The number of phenols is 1. The topological polar surface area (TPSA) is 49.5 Å². The van der Waals surface area contributed by atoms with E-state index in [1.54, 1.807) is 6.07 Å². The van der Waals surface area contributed by atoms with Crippen LogP contribution < -0.4 is 5.73 Å². The van der Waals surface area contributed by atoms with Crippen molar-refractivity contribution in [2.45, 2.75) is 43.6 Å². The Morgan fingerprint density at radius 1 is 1.08 bits per heavy atom. The van der Waals surface area contributed by atoms with Gasteiger partial charge in [-0.1, -0.05) is 42.5 Å². The lowest BCUT2D eigenvalue weighted by Crippen LogP contribution is -2.55. The highest BCUT2D eigenvalue weighted by atomic mass is 16.3. The van der Waals surface area contributed by atoms with Crippen LogP contribution in [0.15, 0.2) is 54.6 Å². The van der Waals surface area contributed by atoms with Gasteiger partial charge in [0.15, 0.2) is 0 Å². The molecule has 0 aromatic heterocycles. The van der Waals surface area contributed by atoms with Gasteiger partial charge in [0.05, 0.1) is 0 Å². The van der Waals surface area contributed by atoms with Crippen molar-refractivity contribution in [1.29, 1.82) is 0 Å². The lowest BCUT2D eigenvalue weighted by Gasteiger charge is -2.52. The number of phenolic OH excluding ortho intramolecular Hbond substituents is 1. The Kier molecular flexibility index (Phi) is 5.01. The molecule has 1 heterocycles. The number of benzene rings is 2. The highest BCUT2D eigenvalue weighted by Gasteiger charge is 2.47. The largest absolute Gasteiger partial charge is 0.508 e. The van der Waals surface area contributed by atoms with Crippen LogP contribution in [-0.4, -0.2) is 35.7 Å². The van der Waals surface area contributed by atoms with Crippen molar-refractivity contribution in [3.8, 4) is 5.75 Å². The Morgan fingerprint density at radius 2 is 1.92 bits per heavy atom. The molecule has 3 atom stereocenters. The first-order chi connectivity index (χ1) is 12.7. The highest BCUT2D eigenvalue weighted by Crippen LogP contribution is 2.49. The fourth-order valence-corrected chi connectivity index (χ4v) is 5.21. The van der Waals surface area contributed by atoms with E-state index >= 15 is 0 Å². The van der Waals surface area contributed by atoms with Crippen molar-refractivity contribution >= 4 is 0 Å². The molecule has 26 heavy (non-hydrogen) atoms. The Morgan fingerprint density at radius 3 is 2.73 bits per heavy atom. The molecule has 1 saturated heterocycles. The average molecular weight is 351 g/mol. The molecule has 0 unspecified atom stereocenters. The zero-order chi connectivity index (χ0) is 18.0. The fraction of sp³-hybridized carbons (Fsp3) is 0.478. The Bertz CT molecular complexity index is 732. The van der Waals surface area contributed by atoms with E-state index in [1.807, 2.05) is 12.1 Å². The third kappa shape index (κ3) is 3.51. The minimum Gasteiger partial charge on any atom is -0.508 e. The van der Waals surface area contributed by atoms with Crippen LogP contribution in [0.1, 0.15) is 36.8 Å². The van der Waals surface area contributed by atoms with Gasteiger partial charge in [-0.2, -0.15) is 0 Å². The number of hydrogen-bond acceptors (Lipinski definition) is 3. The van der Waals surface area contributed by atoms with E-state index in [1.165, 1.54) is 17.5 Å². The number of nitrogens with zero attached hydrogens (tertiary/aromatic N) is 1. The molecule has 3 N–H and O–H groups in total. The molecule has 1 aliphatic heterocycles. The SMILES string of the molecule is N[C@H]1CC[C@@H]2CN(CCc3ccccc3)CC[C@@]2(c2cccc(O)c2)C1. The number of hydrogen-bond donors (Lipinski definition) is 2. The highest BCUT2D eigenvalue weighted by molar-refractivity contribution is 5.35. The van der Waals surface area contributed by atoms with Crippen LogP contribution in [0.3, 0.4) is 0 Å². The first-order valence-corrected chi connectivity index (χ1v) is 9.97.